The summed E-state index contributed by atoms with van der Waals surface area (Å²) in [4.78, 5) is 11.9. The third kappa shape index (κ3) is 4.40. The largest absolute Gasteiger partial charge is 0.385 e. The summed E-state index contributed by atoms with van der Waals surface area (Å²) in [5.41, 5.74) is 7.60. The number of anilines is 1. The van der Waals surface area contributed by atoms with Gasteiger partial charge in [0.25, 0.3) is 0 Å². The minimum absolute atomic E-state index is 0.160. The van der Waals surface area contributed by atoms with Crippen LogP contribution in [0.3, 0.4) is 0 Å². The molecule has 0 radical (unpaired) electrons. The molecule has 1 rings (SSSR count). The lowest BCUT2D eigenvalue weighted by Gasteiger charge is -2.14. The van der Waals surface area contributed by atoms with E-state index in [9.17, 15) is 4.79 Å². The van der Waals surface area contributed by atoms with Crippen LogP contribution in [-0.2, 0) is 9.53 Å². The summed E-state index contributed by atoms with van der Waals surface area (Å²) < 4.78 is 5.90. The molecule has 0 saturated heterocycles. The molecule has 0 aliphatic carbocycles. The van der Waals surface area contributed by atoms with Crippen molar-refractivity contribution in [1.29, 1.82) is 0 Å². The number of nitrogens with two attached hydrogens (primary N) is 1. The van der Waals surface area contributed by atoms with Crippen LogP contribution in [0.25, 0.3) is 0 Å². The molecule has 1 aromatic carbocycles. The number of carbonyl (C=O) groups is 1. The maximum Gasteiger partial charge on any atom is 0.241 e. The number of ether oxygens (including phenoxy) is 1. The Hall–Kier alpha value is -0.910. The first-order chi connectivity index (χ1) is 8.56. The highest BCUT2D eigenvalue weighted by molar-refractivity contribution is 9.10. The smallest absolute Gasteiger partial charge is 0.241 e. The number of hydrogen-bond acceptors (Lipinski definition) is 3. The molecule has 18 heavy (non-hydrogen) atoms. The van der Waals surface area contributed by atoms with Crippen LogP contribution in [0.2, 0.25) is 0 Å². The number of carbonyl (C=O) groups excluding carboxylic acids is 1. The van der Waals surface area contributed by atoms with Gasteiger partial charge in [0.2, 0.25) is 5.91 Å². The summed E-state index contributed by atoms with van der Waals surface area (Å²) in [6.07, 6.45) is 1.40. The molecule has 1 aromatic rings. The van der Waals surface area contributed by atoms with Gasteiger partial charge >= 0.3 is 0 Å². The Labute approximate surface area is 116 Å². The van der Waals surface area contributed by atoms with Crippen molar-refractivity contribution in [2.24, 2.45) is 5.73 Å². The van der Waals surface area contributed by atoms with E-state index in [-0.39, 0.29) is 5.91 Å². The van der Waals surface area contributed by atoms with Crippen molar-refractivity contribution in [2.45, 2.75) is 25.8 Å². The third-order valence-corrected chi connectivity index (χ3v) is 3.59. The van der Waals surface area contributed by atoms with E-state index in [1.54, 1.807) is 7.11 Å². The number of amides is 1. The second-order valence-corrected chi connectivity index (χ2v) is 5.00. The van der Waals surface area contributed by atoms with Gasteiger partial charge in [-0.3, -0.25) is 4.79 Å². The molecule has 0 aliphatic rings. The molecule has 0 heterocycles. The van der Waals surface area contributed by atoms with E-state index in [2.05, 4.69) is 21.2 Å². The zero-order chi connectivity index (χ0) is 13.5. The normalized spacial score (nSPS) is 12.2. The number of benzene rings is 1. The Morgan fingerprint density at radius 3 is 2.94 bits per heavy atom. The SMILES string of the molecule is COCCCC(N)C(=O)Nc1cccc(Br)c1C. The van der Waals surface area contributed by atoms with Crippen LogP contribution < -0.4 is 11.1 Å². The summed E-state index contributed by atoms with van der Waals surface area (Å²) in [6.45, 7) is 2.56. The Morgan fingerprint density at radius 2 is 2.28 bits per heavy atom. The topological polar surface area (TPSA) is 64.3 Å². The van der Waals surface area contributed by atoms with Gasteiger partial charge in [-0.1, -0.05) is 22.0 Å². The maximum atomic E-state index is 11.9. The lowest BCUT2D eigenvalue weighted by Crippen LogP contribution is -2.35. The predicted molar refractivity (Wildman–Crippen MR) is 76.6 cm³/mol. The highest BCUT2D eigenvalue weighted by Crippen LogP contribution is 2.23. The van der Waals surface area contributed by atoms with Crippen LogP contribution in [0.1, 0.15) is 18.4 Å². The number of halogens is 1. The number of nitrogens with one attached hydrogen (secondary N) is 1. The Bertz CT molecular complexity index is 410. The van der Waals surface area contributed by atoms with E-state index in [1.165, 1.54) is 0 Å². The summed E-state index contributed by atoms with van der Waals surface area (Å²) in [5.74, 6) is -0.160. The fourth-order valence-electron chi connectivity index (χ4n) is 1.55. The fraction of sp³-hybridized carbons (Fsp3) is 0.462. The van der Waals surface area contributed by atoms with E-state index in [0.717, 1.165) is 22.1 Å². The molecule has 5 heteroatoms. The van der Waals surface area contributed by atoms with Gasteiger partial charge in [-0.2, -0.15) is 0 Å². The molecule has 3 N–H and O–H groups in total. The Morgan fingerprint density at radius 1 is 1.56 bits per heavy atom. The minimum atomic E-state index is -0.501. The molecule has 0 aromatic heterocycles. The molecule has 0 spiro atoms. The van der Waals surface area contributed by atoms with Crippen LogP contribution in [0.5, 0.6) is 0 Å². The number of rotatable bonds is 6. The molecule has 1 amide bonds. The van der Waals surface area contributed by atoms with Gasteiger partial charge in [0, 0.05) is 23.9 Å². The second kappa shape index (κ2) is 7.51. The van der Waals surface area contributed by atoms with Crippen molar-refractivity contribution in [3.8, 4) is 0 Å². The van der Waals surface area contributed by atoms with Crippen molar-refractivity contribution in [1.82, 2.24) is 0 Å². The standard InChI is InChI=1S/C13H19BrN2O2/c1-9-10(14)5-3-7-12(9)16-13(17)11(15)6-4-8-18-2/h3,5,7,11H,4,6,8,15H2,1-2H3,(H,16,17). The van der Waals surface area contributed by atoms with Gasteiger partial charge in [0.15, 0.2) is 0 Å². The van der Waals surface area contributed by atoms with Gasteiger partial charge in [0.05, 0.1) is 6.04 Å². The van der Waals surface area contributed by atoms with Crippen LogP contribution >= 0.6 is 15.9 Å². The predicted octanol–water partition coefficient (Wildman–Crippen LogP) is 2.45. The quantitative estimate of drug-likeness (QED) is 0.793. The van der Waals surface area contributed by atoms with E-state index in [1.807, 2.05) is 25.1 Å². The van der Waals surface area contributed by atoms with Crippen molar-refractivity contribution in [3.63, 3.8) is 0 Å². The fourth-order valence-corrected chi connectivity index (χ4v) is 1.91. The molecule has 1 unspecified atom stereocenters. The second-order valence-electron chi connectivity index (χ2n) is 4.14. The monoisotopic (exact) mass is 314 g/mol. The highest BCUT2D eigenvalue weighted by Gasteiger charge is 2.14. The maximum absolute atomic E-state index is 11.9. The van der Waals surface area contributed by atoms with Gasteiger partial charge in [-0.05, 0) is 37.5 Å². The highest BCUT2D eigenvalue weighted by atomic mass is 79.9. The molecule has 0 aliphatic heterocycles. The molecule has 0 bridgehead atoms. The van der Waals surface area contributed by atoms with E-state index >= 15 is 0 Å². The Kier molecular flexibility index (Phi) is 6.32. The summed E-state index contributed by atoms with van der Waals surface area (Å²) in [5, 5.41) is 2.84. The Balaban J connectivity index is 2.56. The number of methoxy groups -OCH3 is 1. The van der Waals surface area contributed by atoms with E-state index < -0.39 is 6.04 Å². The van der Waals surface area contributed by atoms with Crippen LogP contribution in [0, 0.1) is 6.92 Å². The average Bonchev–Trinajstić information content (AvgIpc) is 2.35. The van der Waals surface area contributed by atoms with Gasteiger partial charge < -0.3 is 15.8 Å². The lowest BCUT2D eigenvalue weighted by atomic mass is 10.1. The van der Waals surface area contributed by atoms with Crippen molar-refractivity contribution in [3.05, 3.63) is 28.2 Å². The van der Waals surface area contributed by atoms with Gasteiger partial charge in [-0.25, -0.2) is 0 Å². The summed E-state index contributed by atoms with van der Waals surface area (Å²) in [7, 11) is 1.64. The van der Waals surface area contributed by atoms with Crippen molar-refractivity contribution < 1.29 is 9.53 Å². The molecular weight excluding hydrogens is 296 g/mol. The molecule has 4 nitrogen and oxygen atoms in total. The van der Waals surface area contributed by atoms with E-state index in [4.69, 9.17) is 10.5 Å². The van der Waals surface area contributed by atoms with E-state index in [0.29, 0.717) is 13.0 Å². The minimum Gasteiger partial charge on any atom is -0.385 e. The van der Waals surface area contributed by atoms with Crippen LogP contribution in [0.15, 0.2) is 22.7 Å². The molecule has 100 valence electrons. The van der Waals surface area contributed by atoms with Crippen LogP contribution in [0.4, 0.5) is 5.69 Å². The first-order valence-electron chi connectivity index (χ1n) is 5.86. The van der Waals surface area contributed by atoms with Gasteiger partial charge in [0.1, 0.15) is 0 Å². The van der Waals surface area contributed by atoms with Gasteiger partial charge in [-0.15, -0.1) is 0 Å². The van der Waals surface area contributed by atoms with Crippen molar-refractivity contribution >= 4 is 27.5 Å². The zero-order valence-corrected chi connectivity index (χ0v) is 12.3. The molecule has 0 fully saturated rings. The lowest BCUT2D eigenvalue weighted by molar-refractivity contribution is -0.117. The third-order valence-electron chi connectivity index (χ3n) is 2.73. The van der Waals surface area contributed by atoms with Crippen molar-refractivity contribution in [2.75, 3.05) is 19.0 Å². The summed E-state index contributed by atoms with van der Waals surface area (Å²) >= 11 is 3.43. The molecular formula is C13H19BrN2O2. The first kappa shape index (κ1) is 15.1. The average molecular weight is 315 g/mol. The molecule has 1 atom stereocenters. The number of hydrogen-bond donors (Lipinski definition) is 2. The first-order valence-corrected chi connectivity index (χ1v) is 6.66. The summed E-state index contributed by atoms with van der Waals surface area (Å²) in [6, 6.07) is 5.17. The zero-order valence-electron chi connectivity index (χ0n) is 10.7. The molecule has 0 saturated carbocycles. The van der Waals surface area contributed by atoms with Crippen LogP contribution in [-0.4, -0.2) is 25.7 Å².